The molecule has 3 rings (SSSR count). The standard InChI is InChI=1S/C23H21NOS/c1-2-3-4-5-16-25-21-12-10-19(11-13-21)18-6-8-20(9-7-18)23-15-14-22(17-24)26-23/h2-3,6-15H,4-5,16H2,1H3. The lowest BCUT2D eigenvalue weighted by Crippen LogP contribution is -1.96. The van der Waals surface area contributed by atoms with E-state index in [1.165, 1.54) is 22.5 Å². The number of benzene rings is 2. The largest absolute Gasteiger partial charge is 0.494 e. The smallest absolute Gasteiger partial charge is 0.119 e. The molecule has 0 saturated carbocycles. The second-order valence-electron chi connectivity index (χ2n) is 5.94. The Bertz CT molecular complexity index is 899. The Morgan fingerprint density at radius 1 is 0.923 bits per heavy atom. The van der Waals surface area contributed by atoms with E-state index in [0.29, 0.717) is 0 Å². The molecular formula is C23H21NOS. The van der Waals surface area contributed by atoms with E-state index >= 15 is 0 Å². The Balaban J connectivity index is 1.63. The van der Waals surface area contributed by atoms with Crippen molar-refractivity contribution in [3.8, 4) is 33.4 Å². The van der Waals surface area contributed by atoms with Crippen LogP contribution in [0.2, 0.25) is 0 Å². The van der Waals surface area contributed by atoms with Crippen LogP contribution < -0.4 is 4.74 Å². The lowest BCUT2D eigenvalue weighted by Gasteiger charge is -2.07. The molecule has 0 spiro atoms. The maximum absolute atomic E-state index is 8.95. The van der Waals surface area contributed by atoms with E-state index in [0.717, 1.165) is 40.5 Å². The second-order valence-corrected chi connectivity index (χ2v) is 7.02. The molecule has 0 aliphatic rings. The van der Waals surface area contributed by atoms with Gasteiger partial charge in [-0.25, -0.2) is 0 Å². The van der Waals surface area contributed by atoms with E-state index in [-0.39, 0.29) is 0 Å². The number of allylic oxidation sites excluding steroid dienone is 2. The monoisotopic (exact) mass is 359 g/mol. The summed E-state index contributed by atoms with van der Waals surface area (Å²) in [6.45, 7) is 2.78. The highest BCUT2D eigenvalue weighted by Crippen LogP contribution is 2.30. The molecule has 0 aliphatic carbocycles. The molecular weight excluding hydrogens is 338 g/mol. The molecule has 130 valence electrons. The van der Waals surface area contributed by atoms with Crippen molar-refractivity contribution in [3.05, 3.63) is 77.7 Å². The average molecular weight is 359 g/mol. The van der Waals surface area contributed by atoms with Gasteiger partial charge in [-0.3, -0.25) is 0 Å². The summed E-state index contributed by atoms with van der Waals surface area (Å²) in [7, 11) is 0. The minimum atomic E-state index is 0.740. The number of unbranched alkanes of at least 4 members (excludes halogenated alkanes) is 1. The van der Waals surface area contributed by atoms with Crippen molar-refractivity contribution in [2.75, 3.05) is 6.61 Å². The van der Waals surface area contributed by atoms with Gasteiger partial charge in [0.15, 0.2) is 0 Å². The van der Waals surface area contributed by atoms with Crippen LogP contribution in [0, 0.1) is 11.3 Å². The van der Waals surface area contributed by atoms with E-state index in [9.17, 15) is 0 Å². The van der Waals surface area contributed by atoms with Crippen LogP contribution in [0.5, 0.6) is 5.75 Å². The van der Waals surface area contributed by atoms with Crippen molar-refractivity contribution < 1.29 is 4.74 Å². The summed E-state index contributed by atoms with van der Waals surface area (Å²) in [5, 5.41) is 8.95. The van der Waals surface area contributed by atoms with Crippen molar-refractivity contribution in [1.29, 1.82) is 5.26 Å². The van der Waals surface area contributed by atoms with Gasteiger partial charge in [-0.2, -0.15) is 5.26 Å². The molecule has 0 radical (unpaired) electrons. The molecule has 0 aliphatic heterocycles. The molecule has 1 heterocycles. The minimum absolute atomic E-state index is 0.740. The summed E-state index contributed by atoms with van der Waals surface area (Å²) >= 11 is 1.52. The van der Waals surface area contributed by atoms with Crippen molar-refractivity contribution in [2.45, 2.75) is 19.8 Å². The van der Waals surface area contributed by atoms with Gasteiger partial charge in [0.25, 0.3) is 0 Å². The van der Waals surface area contributed by atoms with Crippen molar-refractivity contribution in [1.82, 2.24) is 0 Å². The highest BCUT2D eigenvalue weighted by molar-refractivity contribution is 7.16. The van der Waals surface area contributed by atoms with Crippen molar-refractivity contribution >= 4 is 11.3 Å². The summed E-state index contributed by atoms with van der Waals surface area (Å²) in [5.74, 6) is 0.911. The Hall–Kier alpha value is -2.83. The molecule has 1 aromatic heterocycles. The average Bonchev–Trinajstić information content (AvgIpc) is 3.18. The van der Waals surface area contributed by atoms with Gasteiger partial charge in [-0.05, 0) is 60.7 Å². The van der Waals surface area contributed by atoms with Crippen LogP contribution >= 0.6 is 11.3 Å². The Labute approximate surface area is 159 Å². The van der Waals surface area contributed by atoms with Crippen LogP contribution in [0.4, 0.5) is 0 Å². The minimum Gasteiger partial charge on any atom is -0.494 e. The number of rotatable bonds is 7. The molecule has 0 N–H and O–H groups in total. The molecule has 2 nitrogen and oxygen atoms in total. The van der Waals surface area contributed by atoms with Gasteiger partial charge in [0, 0.05) is 4.88 Å². The zero-order valence-electron chi connectivity index (χ0n) is 14.8. The molecule has 0 atom stereocenters. The van der Waals surface area contributed by atoms with Gasteiger partial charge in [0.05, 0.1) is 6.61 Å². The van der Waals surface area contributed by atoms with E-state index in [2.05, 4.69) is 54.6 Å². The highest BCUT2D eigenvalue weighted by Gasteiger charge is 2.04. The normalized spacial score (nSPS) is 10.8. The molecule has 26 heavy (non-hydrogen) atoms. The Morgan fingerprint density at radius 3 is 2.19 bits per heavy atom. The summed E-state index contributed by atoms with van der Waals surface area (Å²) < 4.78 is 5.77. The molecule has 0 bridgehead atoms. The number of nitrogens with zero attached hydrogens (tertiary/aromatic N) is 1. The van der Waals surface area contributed by atoms with E-state index in [1.54, 1.807) is 0 Å². The summed E-state index contributed by atoms with van der Waals surface area (Å²) in [5.41, 5.74) is 3.48. The van der Waals surface area contributed by atoms with Crippen LogP contribution in [0.25, 0.3) is 21.6 Å². The van der Waals surface area contributed by atoms with Crippen molar-refractivity contribution in [3.63, 3.8) is 0 Å². The third-order valence-corrected chi connectivity index (χ3v) is 5.13. The summed E-state index contributed by atoms with van der Waals surface area (Å²) in [6.07, 6.45) is 6.32. The third-order valence-electron chi connectivity index (χ3n) is 4.09. The second kappa shape index (κ2) is 9.03. The fraction of sp³-hybridized carbons (Fsp3) is 0.174. The zero-order chi connectivity index (χ0) is 18.2. The first kappa shape index (κ1) is 18.0. The van der Waals surface area contributed by atoms with Gasteiger partial charge in [0.1, 0.15) is 16.7 Å². The fourth-order valence-electron chi connectivity index (χ4n) is 2.68. The maximum atomic E-state index is 8.95. The van der Waals surface area contributed by atoms with Gasteiger partial charge in [-0.15, -0.1) is 11.3 Å². The first-order valence-electron chi connectivity index (χ1n) is 8.75. The third kappa shape index (κ3) is 4.62. The predicted octanol–water partition coefficient (Wildman–Crippen LogP) is 6.69. The Kier molecular flexibility index (Phi) is 6.24. The molecule has 0 unspecified atom stereocenters. The first-order chi connectivity index (χ1) is 12.8. The number of hydrogen-bond acceptors (Lipinski definition) is 3. The van der Waals surface area contributed by atoms with Gasteiger partial charge < -0.3 is 4.74 Å². The number of ether oxygens (including phenoxy) is 1. The predicted molar refractivity (Wildman–Crippen MR) is 109 cm³/mol. The molecule has 0 fully saturated rings. The topological polar surface area (TPSA) is 33.0 Å². The van der Waals surface area contributed by atoms with Crippen LogP contribution in [0.3, 0.4) is 0 Å². The lowest BCUT2D eigenvalue weighted by molar-refractivity contribution is 0.312. The fourth-order valence-corrected chi connectivity index (χ4v) is 3.49. The molecule has 3 aromatic rings. The zero-order valence-corrected chi connectivity index (χ0v) is 15.6. The van der Waals surface area contributed by atoms with E-state index < -0.39 is 0 Å². The van der Waals surface area contributed by atoms with E-state index in [4.69, 9.17) is 10.00 Å². The van der Waals surface area contributed by atoms with Gasteiger partial charge >= 0.3 is 0 Å². The highest BCUT2D eigenvalue weighted by atomic mass is 32.1. The van der Waals surface area contributed by atoms with Gasteiger partial charge in [0.2, 0.25) is 0 Å². The number of thiophene rings is 1. The lowest BCUT2D eigenvalue weighted by atomic mass is 10.0. The van der Waals surface area contributed by atoms with Gasteiger partial charge in [-0.1, -0.05) is 48.6 Å². The van der Waals surface area contributed by atoms with Crippen LogP contribution in [0.15, 0.2) is 72.8 Å². The Morgan fingerprint density at radius 2 is 1.58 bits per heavy atom. The quantitative estimate of drug-likeness (QED) is 0.348. The molecule has 2 aromatic carbocycles. The van der Waals surface area contributed by atoms with Crippen LogP contribution in [-0.4, -0.2) is 6.61 Å². The number of nitriles is 1. The van der Waals surface area contributed by atoms with Crippen LogP contribution in [0.1, 0.15) is 24.6 Å². The maximum Gasteiger partial charge on any atom is 0.119 e. The summed E-state index contributed by atoms with van der Waals surface area (Å²) in [6, 6.07) is 22.7. The summed E-state index contributed by atoms with van der Waals surface area (Å²) in [4.78, 5) is 1.86. The SMILES string of the molecule is CC=CCCCOc1ccc(-c2ccc(-c3ccc(C#N)s3)cc2)cc1. The van der Waals surface area contributed by atoms with E-state index in [1.807, 2.05) is 31.2 Å². The molecule has 0 saturated heterocycles. The van der Waals surface area contributed by atoms with Crippen LogP contribution in [-0.2, 0) is 0 Å². The first-order valence-corrected chi connectivity index (χ1v) is 9.56. The molecule has 0 amide bonds. The number of hydrogen-bond donors (Lipinski definition) is 0. The molecule has 3 heteroatoms. The van der Waals surface area contributed by atoms with Crippen molar-refractivity contribution in [2.24, 2.45) is 0 Å².